The molecule has 0 spiro atoms. The predicted molar refractivity (Wildman–Crippen MR) is 123 cm³/mol. The SMILES string of the molecule is CC(C)n1ncc2ccc(-c3noc(N4C[C@H]5CN(C(=O)CC(C)(C)C)C[C@H]5C4)n3)cc21. The van der Waals surface area contributed by atoms with Gasteiger partial charge < -0.3 is 14.3 Å². The van der Waals surface area contributed by atoms with Gasteiger partial charge in [-0.1, -0.05) is 38.1 Å². The second kappa shape index (κ2) is 7.60. The molecule has 4 heterocycles. The molecular weight excluding hydrogens is 404 g/mol. The fourth-order valence-electron chi connectivity index (χ4n) is 4.97. The molecule has 2 aromatic heterocycles. The van der Waals surface area contributed by atoms with Crippen LogP contribution in [0.5, 0.6) is 0 Å². The fraction of sp³-hybridized carbons (Fsp3) is 0.583. The Labute approximate surface area is 188 Å². The minimum absolute atomic E-state index is 0.0247. The number of nitrogens with zero attached hydrogens (tertiary/aromatic N) is 6. The molecule has 0 N–H and O–H groups in total. The van der Waals surface area contributed by atoms with Gasteiger partial charge in [0, 0.05) is 61.4 Å². The Morgan fingerprint density at radius 2 is 1.88 bits per heavy atom. The van der Waals surface area contributed by atoms with Crippen LogP contribution in [-0.2, 0) is 4.79 Å². The summed E-state index contributed by atoms with van der Waals surface area (Å²) >= 11 is 0. The van der Waals surface area contributed by atoms with Gasteiger partial charge in [-0.05, 0) is 25.3 Å². The van der Waals surface area contributed by atoms with Crippen molar-refractivity contribution in [2.45, 2.75) is 47.1 Å². The van der Waals surface area contributed by atoms with Gasteiger partial charge in [-0.3, -0.25) is 9.48 Å². The largest absolute Gasteiger partial charge is 0.342 e. The van der Waals surface area contributed by atoms with E-state index in [1.165, 1.54) is 0 Å². The van der Waals surface area contributed by atoms with Crippen LogP contribution in [0.4, 0.5) is 6.01 Å². The molecule has 5 rings (SSSR count). The maximum absolute atomic E-state index is 12.6. The van der Waals surface area contributed by atoms with Gasteiger partial charge in [0.2, 0.25) is 11.7 Å². The first-order chi connectivity index (χ1) is 15.2. The van der Waals surface area contributed by atoms with Crippen molar-refractivity contribution in [1.82, 2.24) is 24.8 Å². The van der Waals surface area contributed by atoms with Gasteiger partial charge in [-0.15, -0.1) is 0 Å². The van der Waals surface area contributed by atoms with Gasteiger partial charge in [-0.25, -0.2) is 0 Å². The van der Waals surface area contributed by atoms with Crippen molar-refractivity contribution < 1.29 is 9.32 Å². The molecule has 2 aliphatic heterocycles. The number of rotatable bonds is 4. The minimum Gasteiger partial charge on any atom is -0.342 e. The molecule has 0 unspecified atom stereocenters. The van der Waals surface area contributed by atoms with Crippen LogP contribution >= 0.6 is 0 Å². The Kier molecular flexibility index (Phi) is 4.98. The summed E-state index contributed by atoms with van der Waals surface area (Å²) in [5, 5.41) is 9.84. The molecule has 1 amide bonds. The van der Waals surface area contributed by atoms with Crippen LogP contribution in [0.1, 0.15) is 47.1 Å². The van der Waals surface area contributed by atoms with Crippen LogP contribution in [0.3, 0.4) is 0 Å². The van der Waals surface area contributed by atoms with E-state index in [9.17, 15) is 4.79 Å². The summed E-state index contributed by atoms with van der Waals surface area (Å²) in [6, 6.07) is 6.99. The second-order valence-corrected chi connectivity index (χ2v) is 10.8. The fourth-order valence-corrected chi connectivity index (χ4v) is 4.97. The van der Waals surface area contributed by atoms with Gasteiger partial charge in [0.25, 0.3) is 0 Å². The van der Waals surface area contributed by atoms with Gasteiger partial charge in [0.1, 0.15) is 0 Å². The zero-order valence-corrected chi connectivity index (χ0v) is 19.6. The predicted octanol–water partition coefficient (Wildman–Crippen LogP) is 4.00. The number of hydrogen-bond donors (Lipinski definition) is 0. The third kappa shape index (κ3) is 3.87. The number of anilines is 1. The van der Waals surface area contributed by atoms with Crippen LogP contribution in [0.25, 0.3) is 22.3 Å². The first-order valence-corrected chi connectivity index (χ1v) is 11.5. The molecule has 3 aromatic rings. The van der Waals surface area contributed by atoms with Crippen LogP contribution in [0, 0.1) is 17.3 Å². The average Bonchev–Trinajstić information content (AvgIpc) is 3.46. The summed E-state index contributed by atoms with van der Waals surface area (Å²) in [7, 11) is 0. The van der Waals surface area contributed by atoms with Crippen molar-refractivity contribution in [3.8, 4) is 11.4 Å². The zero-order chi connectivity index (χ0) is 22.6. The molecule has 2 aliphatic rings. The van der Waals surface area contributed by atoms with E-state index in [-0.39, 0.29) is 17.4 Å². The topological polar surface area (TPSA) is 80.3 Å². The van der Waals surface area contributed by atoms with Crippen molar-refractivity contribution in [2.75, 3.05) is 31.1 Å². The van der Waals surface area contributed by atoms with Gasteiger partial charge in [-0.2, -0.15) is 10.1 Å². The highest BCUT2D eigenvalue weighted by Gasteiger charge is 2.43. The highest BCUT2D eigenvalue weighted by Crippen LogP contribution is 2.35. The van der Waals surface area contributed by atoms with Crippen molar-refractivity contribution in [3.05, 3.63) is 24.4 Å². The molecule has 170 valence electrons. The maximum atomic E-state index is 12.6. The highest BCUT2D eigenvalue weighted by molar-refractivity contribution is 5.83. The molecule has 0 bridgehead atoms. The zero-order valence-electron chi connectivity index (χ0n) is 19.6. The van der Waals surface area contributed by atoms with Crippen molar-refractivity contribution in [2.24, 2.45) is 17.3 Å². The number of fused-ring (bicyclic) bond motifs is 2. The second-order valence-electron chi connectivity index (χ2n) is 10.8. The van der Waals surface area contributed by atoms with E-state index >= 15 is 0 Å². The minimum atomic E-state index is 0.0247. The van der Waals surface area contributed by atoms with Crippen LogP contribution in [-0.4, -0.2) is 56.9 Å². The first-order valence-electron chi connectivity index (χ1n) is 11.5. The van der Waals surface area contributed by atoms with Gasteiger partial charge >= 0.3 is 6.01 Å². The van der Waals surface area contributed by atoms with E-state index in [2.05, 4.69) is 61.9 Å². The summed E-state index contributed by atoms with van der Waals surface area (Å²) < 4.78 is 7.65. The standard InChI is InChI=1S/C24H32N6O2/c1-15(2)30-20-8-16(6-7-17(20)10-25-30)22-26-23(32-27-22)29-13-18-11-28(12-19(18)14-29)21(31)9-24(3,4)5/h6-8,10,15,18-19H,9,11-14H2,1-5H3/t18-,19+. The maximum Gasteiger partial charge on any atom is 0.324 e. The van der Waals surface area contributed by atoms with Gasteiger partial charge in [0.05, 0.1) is 11.7 Å². The number of likely N-dealkylation sites (tertiary alicyclic amines) is 1. The highest BCUT2D eigenvalue weighted by atomic mass is 16.5. The molecule has 8 nitrogen and oxygen atoms in total. The van der Waals surface area contributed by atoms with Gasteiger partial charge in [0.15, 0.2) is 0 Å². The summed E-state index contributed by atoms with van der Waals surface area (Å²) in [6.45, 7) is 13.9. The summed E-state index contributed by atoms with van der Waals surface area (Å²) in [5.41, 5.74) is 2.02. The molecule has 8 heteroatoms. The Morgan fingerprint density at radius 3 is 2.53 bits per heavy atom. The Bertz CT molecular complexity index is 1130. The van der Waals surface area contributed by atoms with Crippen LogP contribution in [0.15, 0.2) is 28.9 Å². The Morgan fingerprint density at radius 1 is 1.16 bits per heavy atom. The van der Waals surface area contributed by atoms with Crippen molar-refractivity contribution >= 4 is 22.8 Å². The lowest BCUT2D eigenvalue weighted by atomic mass is 9.91. The lowest BCUT2D eigenvalue weighted by Gasteiger charge is -2.24. The van der Waals surface area contributed by atoms with Crippen LogP contribution in [0.2, 0.25) is 0 Å². The summed E-state index contributed by atoms with van der Waals surface area (Å²) in [5.74, 6) is 1.80. The van der Waals surface area contributed by atoms with Crippen molar-refractivity contribution in [1.29, 1.82) is 0 Å². The summed E-state index contributed by atoms with van der Waals surface area (Å²) in [4.78, 5) is 21.5. The third-order valence-corrected chi connectivity index (χ3v) is 6.55. The number of aromatic nitrogens is 4. The summed E-state index contributed by atoms with van der Waals surface area (Å²) in [6.07, 6.45) is 2.49. The average molecular weight is 437 g/mol. The number of benzene rings is 1. The Balaban J connectivity index is 1.28. The molecule has 2 saturated heterocycles. The van der Waals surface area contributed by atoms with E-state index < -0.39 is 0 Å². The van der Waals surface area contributed by atoms with E-state index in [0.29, 0.717) is 30.1 Å². The molecule has 1 aromatic carbocycles. The van der Waals surface area contributed by atoms with Crippen LogP contribution < -0.4 is 4.90 Å². The molecular formula is C24H32N6O2. The molecule has 0 aliphatic carbocycles. The number of carbonyl (C=O) groups is 1. The number of amides is 1. The van der Waals surface area contributed by atoms with E-state index in [0.717, 1.165) is 42.6 Å². The number of carbonyl (C=O) groups excluding carboxylic acids is 1. The monoisotopic (exact) mass is 436 g/mol. The molecule has 0 radical (unpaired) electrons. The van der Waals surface area contributed by atoms with E-state index in [1.54, 1.807) is 0 Å². The normalized spacial score (nSPS) is 21.2. The molecule has 2 fully saturated rings. The lowest BCUT2D eigenvalue weighted by molar-refractivity contribution is -0.132. The molecule has 2 atom stereocenters. The Hall–Kier alpha value is -2.90. The molecule has 32 heavy (non-hydrogen) atoms. The first kappa shape index (κ1) is 21.0. The number of hydrogen-bond acceptors (Lipinski definition) is 6. The smallest absolute Gasteiger partial charge is 0.324 e. The lowest BCUT2D eigenvalue weighted by Crippen LogP contribution is -2.35. The third-order valence-electron chi connectivity index (χ3n) is 6.55. The van der Waals surface area contributed by atoms with Crippen molar-refractivity contribution in [3.63, 3.8) is 0 Å². The quantitative estimate of drug-likeness (QED) is 0.615. The molecule has 0 saturated carbocycles. The van der Waals surface area contributed by atoms with E-state index in [1.807, 2.05) is 21.8 Å². The van der Waals surface area contributed by atoms with E-state index in [4.69, 9.17) is 9.51 Å².